The first kappa shape index (κ1) is 15.5. The van der Waals surface area contributed by atoms with E-state index in [1.165, 1.54) is 11.3 Å². The Morgan fingerprint density at radius 1 is 1.14 bits per heavy atom. The summed E-state index contributed by atoms with van der Waals surface area (Å²) in [6.45, 7) is 7.08. The maximum atomic E-state index is 4.43. The topological polar surface area (TPSA) is 54.8 Å². The lowest BCUT2D eigenvalue weighted by Gasteiger charge is -2.07. The van der Waals surface area contributed by atoms with Gasteiger partial charge in [-0.1, -0.05) is 6.07 Å². The van der Waals surface area contributed by atoms with E-state index in [1.807, 2.05) is 36.1 Å². The predicted octanol–water partition coefficient (Wildman–Crippen LogP) is 2.41. The number of nitrogens with one attached hydrogen (secondary N) is 2. The van der Waals surface area contributed by atoms with Gasteiger partial charge in [0.05, 0.1) is 5.69 Å². The zero-order chi connectivity index (χ0) is 15.1. The van der Waals surface area contributed by atoms with Crippen molar-refractivity contribution in [3.05, 3.63) is 41.3 Å². The number of aromatic nitrogens is 3. The molecule has 0 aromatic carbocycles. The van der Waals surface area contributed by atoms with Crippen molar-refractivity contribution in [2.75, 3.05) is 18.4 Å². The fraction of sp³-hybridized carbons (Fsp3) is 0.500. The van der Waals surface area contributed by atoms with Crippen molar-refractivity contribution >= 4 is 5.82 Å². The van der Waals surface area contributed by atoms with Crippen LogP contribution in [0.4, 0.5) is 5.82 Å². The zero-order valence-electron chi connectivity index (χ0n) is 13.2. The van der Waals surface area contributed by atoms with Crippen LogP contribution in [0.2, 0.25) is 0 Å². The predicted molar refractivity (Wildman–Crippen MR) is 86.3 cm³/mol. The van der Waals surface area contributed by atoms with Crippen LogP contribution >= 0.6 is 0 Å². The Morgan fingerprint density at radius 3 is 2.62 bits per heavy atom. The van der Waals surface area contributed by atoms with Gasteiger partial charge >= 0.3 is 0 Å². The minimum atomic E-state index is 0.902. The highest BCUT2D eigenvalue weighted by molar-refractivity contribution is 5.32. The second-order valence-corrected chi connectivity index (χ2v) is 5.30. The van der Waals surface area contributed by atoms with Crippen molar-refractivity contribution in [2.45, 2.75) is 33.2 Å². The van der Waals surface area contributed by atoms with Crippen molar-refractivity contribution in [1.29, 1.82) is 0 Å². The van der Waals surface area contributed by atoms with Gasteiger partial charge in [-0.25, -0.2) is 4.98 Å². The molecule has 0 atom stereocenters. The summed E-state index contributed by atoms with van der Waals surface area (Å²) >= 11 is 0. The summed E-state index contributed by atoms with van der Waals surface area (Å²) in [6.07, 6.45) is 4.09. The second-order valence-electron chi connectivity index (χ2n) is 5.30. The Bertz CT molecular complexity index is 547. The summed E-state index contributed by atoms with van der Waals surface area (Å²) in [7, 11) is 2.00. The fourth-order valence-electron chi connectivity index (χ4n) is 2.35. The number of unbranched alkanes of at least 4 members (excludes halogenated alkanes) is 1. The highest BCUT2D eigenvalue weighted by Gasteiger charge is 2.07. The standard InChI is InChI=1S/C16H25N5/c1-13-15(14(2)21(3)20-13)12-17-9-6-7-11-19-16-8-4-5-10-18-16/h4-5,8,10,17H,6-7,9,11-12H2,1-3H3,(H,18,19). The molecule has 0 saturated carbocycles. The molecule has 2 aromatic rings. The first-order chi connectivity index (χ1) is 10.2. The van der Waals surface area contributed by atoms with Crippen LogP contribution in [0.15, 0.2) is 24.4 Å². The third-order valence-corrected chi connectivity index (χ3v) is 3.71. The summed E-state index contributed by atoms with van der Waals surface area (Å²) in [6, 6.07) is 5.92. The van der Waals surface area contributed by atoms with Crippen LogP contribution in [0.1, 0.15) is 29.8 Å². The average molecular weight is 287 g/mol. The van der Waals surface area contributed by atoms with E-state index in [0.29, 0.717) is 0 Å². The van der Waals surface area contributed by atoms with Crippen LogP contribution < -0.4 is 10.6 Å². The van der Waals surface area contributed by atoms with Crippen LogP contribution in [0.5, 0.6) is 0 Å². The van der Waals surface area contributed by atoms with Gasteiger partial charge in [0.25, 0.3) is 0 Å². The molecule has 2 aromatic heterocycles. The van der Waals surface area contributed by atoms with E-state index >= 15 is 0 Å². The summed E-state index contributed by atoms with van der Waals surface area (Å²) in [4.78, 5) is 4.24. The van der Waals surface area contributed by atoms with E-state index in [2.05, 4.69) is 34.6 Å². The van der Waals surface area contributed by atoms with Gasteiger partial charge in [-0.15, -0.1) is 0 Å². The third-order valence-electron chi connectivity index (χ3n) is 3.71. The lowest BCUT2D eigenvalue weighted by molar-refractivity contribution is 0.629. The van der Waals surface area contributed by atoms with Gasteiger partial charge in [0.15, 0.2) is 0 Å². The van der Waals surface area contributed by atoms with E-state index < -0.39 is 0 Å². The van der Waals surface area contributed by atoms with Gasteiger partial charge < -0.3 is 10.6 Å². The Balaban J connectivity index is 1.58. The zero-order valence-corrected chi connectivity index (χ0v) is 13.2. The number of pyridine rings is 1. The van der Waals surface area contributed by atoms with Crippen LogP contribution in [-0.4, -0.2) is 27.9 Å². The summed E-state index contributed by atoms with van der Waals surface area (Å²) in [5, 5.41) is 11.3. The minimum absolute atomic E-state index is 0.902. The molecule has 2 rings (SSSR count). The first-order valence-corrected chi connectivity index (χ1v) is 7.53. The molecule has 0 amide bonds. The number of hydrogen-bond donors (Lipinski definition) is 2. The molecular weight excluding hydrogens is 262 g/mol. The van der Waals surface area contributed by atoms with Crippen molar-refractivity contribution < 1.29 is 0 Å². The monoisotopic (exact) mass is 287 g/mol. The molecule has 0 radical (unpaired) electrons. The van der Waals surface area contributed by atoms with Gasteiger partial charge in [0.1, 0.15) is 5.82 Å². The fourth-order valence-corrected chi connectivity index (χ4v) is 2.35. The molecule has 0 aliphatic carbocycles. The van der Waals surface area contributed by atoms with E-state index in [0.717, 1.165) is 44.0 Å². The average Bonchev–Trinajstić information content (AvgIpc) is 2.73. The Kier molecular flexibility index (Phi) is 5.75. The third kappa shape index (κ3) is 4.56. The number of hydrogen-bond acceptors (Lipinski definition) is 4. The van der Waals surface area contributed by atoms with Gasteiger partial charge in [0.2, 0.25) is 0 Å². The molecule has 5 nitrogen and oxygen atoms in total. The molecule has 0 unspecified atom stereocenters. The quantitative estimate of drug-likeness (QED) is 0.732. The van der Waals surface area contributed by atoms with Crippen molar-refractivity contribution in [2.24, 2.45) is 7.05 Å². The highest BCUT2D eigenvalue weighted by Crippen LogP contribution is 2.11. The molecule has 0 aliphatic heterocycles. The van der Waals surface area contributed by atoms with Gasteiger partial charge in [-0.05, 0) is 45.4 Å². The molecule has 0 fully saturated rings. The van der Waals surface area contributed by atoms with Gasteiger partial charge in [-0.2, -0.15) is 5.10 Å². The normalized spacial score (nSPS) is 10.8. The van der Waals surface area contributed by atoms with Gasteiger partial charge in [-0.3, -0.25) is 4.68 Å². The van der Waals surface area contributed by atoms with E-state index in [9.17, 15) is 0 Å². The van der Waals surface area contributed by atoms with Crippen molar-refractivity contribution in [3.63, 3.8) is 0 Å². The summed E-state index contributed by atoms with van der Waals surface area (Å²) < 4.78 is 1.95. The molecule has 21 heavy (non-hydrogen) atoms. The molecule has 114 valence electrons. The number of nitrogens with zero attached hydrogens (tertiary/aromatic N) is 3. The Morgan fingerprint density at radius 2 is 1.95 bits per heavy atom. The van der Waals surface area contributed by atoms with E-state index in [4.69, 9.17) is 0 Å². The van der Waals surface area contributed by atoms with Gasteiger partial charge in [0, 0.05) is 37.6 Å². The van der Waals surface area contributed by atoms with Crippen LogP contribution in [0.25, 0.3) is 0 Å². The molecular formula is C16H25N5. The number of aryl methyl sites for hydroxylation is 2. The molecule has 5 heteroatoms. The smallest absolute Gasteiger partial charge is 0.125 e. The molecule has 0 spiro atoms. The molecule has 0 bridgehead atoms. The molecule has 2 N–H and O–H groups in total. The highest BCUT2D eigenvalue weighted by atomic mass is 15.3. The molecule has 0 saturated heterocycles. The summed E-state index contributed by atoms with van der Waals surface area (Å²) in [5.41, 5.74) is 3.69. The molecule has 2 heterocycles. The van der Waals surface area contributed by atoms with Crippen LogP contribution in [0, 0.1) is 13.8 Å². The largest absolute Gasteiger partial charge is 0.370 e. The number of rotatable bonds is 8. The van der Waals surface area contributed by atoms with E-state index in [-0.39, 0.29) is 0 Å². The Hall–Kier alpha value is -1.88. The van der Waals surface area contributed by atoms with Crippen molar-refractivity contribution in [3.8, 4) is 0 Å². The van der Waals surface area contributed by atoms with Crippen molar-refractivity contribution in [1.82, 2.24) is 20.1 Å². The van der Waals surface area contributed by atoms with E-state index in [1.54, 1.807) is 0 Å². The second kappa shape index (κ2) is 7.78. The SMILES string of the molecule is Cc1nn(C)c(C)c1CNCCCCNc1ccccn1. The molecule has 0 aliphatic rings. The lowest BCUT2D eigenvalue weighted by atomic mass is 10.2. The first-order valence-electron chi connectivity index (χ1n) is 7.53. The number of anilines is 1. The maximum Gasteiger partial charge on any atom is 0.125 e. The summed E-state index contributed by atoms with van der Waals surface area (Å²) in [5.74, 6) is 0.951. The van der Waals surface area contributed by atoms with Crippen LogP contribution in [-0.2, 0) is 13.6 Å². The Labute approximate surface area is 126 Å². The lowest BCUT2D eigenvalue weighted by Crippen LogP contribution is -2.16. The van der Waals surface area contributed by atoms with Crippen LogP contribution in [0.3, 0.4) is 0 Å². The minimum Gasteiger partial charge on any atom is -0.370 e. The maximum absolute atomic E-state index is 4.43.